The Labute approximate surface area is 127 Å². The van der Waals surface area contributed by atoms with E-state index in [0.717, 1.165) is 31.0 Å². The lowest BCUT2D eigenvalue weighted by atomic mass is 9.91. The van der Waals surface area contributed by atoms with Gasteiger partial charge in [-0.05, 0) is 46.5 Å². The Bertz CT molecular complexity index is 423. The maximum atomic E-state index is 9.05. The minimum Gasteiger partial charge on any atom is -0.396 e. The van der Waals surface area contributed by atoms with Crippen molar-refractivity contribution in [3.05, 3.63) is 18.0 Å². The van der Waals surface area contributed by atoms with Crippen molar-refractivity contribution in [1.29, 1.82) is 0 Å². The minimum absolute atomic E-state index is 0.0950. The van der Waals surface area contributed by atoms with Gasteiger partial charge in [-0.3, -0.25) is 0 Å². The van der Waals surface area contributed by atoms with Crippen molar-refractivity contribution < 1.29 is 5.11 Å². The molecule has 2 N–H and O–H groups in total. The van der Waals surface area contributed by atoms with E-state index in [-0.39, 0.29) is 12.1 Å². The van der Waals surface area contributed by atoms with Gasteiger partial charge in [0, 0.05) is 49.2 Å². The standard InChI is InChI=1S/C16H28N4O/c1-16(2,3)19-12-13-10-17-15(18-11-13)20(8-5-9-21)14-6-4-7-14/h10-11,14,19,21H,4-9,12H2,1-3H3. The zero-order chi connectivity index (χ0) is 15.3. The van der Waals surface area contributed by atoms with Crippen LogP contribution in [0.2, 0.25) is 0 Å². The number of nitrogens with one attached hydrogen (secondary N) is 1. The first-order valence-corrected chi connectivity index (χ1v) is 7.93. The number of anilines is 1. The number of nitrogens with zero attached hydrogens (tertiary/aromatic N) is 3. The highest BCUT2D eigenvalue weighted by Crippen LogP contribution is 2.27. The SMILES string of the molecule is CC(C)(C)NCc1cnc(N(CCCO)C2CCC2)nc1. The summed E-state index contributed by atoms with van der Waals surface area (Å²) in [4.78, 5) is 11.3. The second-order valence-corrected chi connectivity index (χ2v) is 6.85. The minimum atomic E-state index is 0.0950. The first kappa shape index (κ1) is 16.2. The van der Waals surface area contributed by atoms with E-state index < -0.39 is 0 Å². The Kier molecular flexibility index (Phi) is 5.53. The van der Waals surface area contributed by atoms with Crippen molar-refractivity contribution >= 4 is 5.95 Å². The molecule has 5 nitrogen and oxygen atoms in total. The molecule has 0 aliphatic heterocycles. The summed E-state index contributed by atoms with van der Waals surface area (Å²) in [6.45, 7) is 8.28. The molecule has 0 atom stereocenters. The normalized spacial score (nSPS) is 15.8. The summed E-state index contributed by atoms with van der Waals surface area (Å²) in [7, 11) is 0. The molecule has 21 heavy (non-hydrogen) atoms. The van der Waals surface area contributed by atoms with Crippen LogP contribution in [0.15, 0.2) is 12.4 Å². The van der Waals surface area contributed by atoms with Crippen LogP contribution in [0.3, 0.4) is 0 Å². The van der Waals surface area contributed by atoms with Crippen LogP contribution >= 0.6 is 0 Å². The third kappa shape index (κ3) is 4.93. The Morgan fingerprint density at radius 1 is 1.29 bits per heavy atom. The average Bonchev–Trinajstić information content (AvgIpc) is 2.39. The van der Waals surface area contributed by atoms with Gasteiger partial charge in [0.05, 0.1) is 0 Å². The number of hydrogen-bond donors (Lipinski definition) is 2. The summed E-state index contributed by atoms with van der Waals surface area (Å²) >= 11 is 0. The van der Waals surface area contributed by atoms with Crippen molar-refractivity contribution in [1.82, 2.24) is 15.3 Å². The lowest BCUT2D eigenvalue weighted by molar-refractivity contribution is 0.282. The van der Waals surface area contributed by atoms with Crippen molar-refractivity contribution in [2.24, 2.45) is 0 Å². The third-order valence-electron chi connectivity index (χ3n) is 3.84. The molecule has 118 valence electrons. The molecule has 1 aromatic heterocycles. The van der Waals surface area contributed by atoms with Gasteiger partial charge in [-0.25, -0.2) is 9.97 Å². The molecule has 1 fully saturated rings. The van der Waals surface area contributed by atoms with E-state index in [0.29, 0.717) is 6.04 Å². The summed E-state index contributed by atoms with van der Waals surface area (Å²) in [5, 5.41) is 12.5. The van der Waals surface area contributed by atoms with E-state index in [1.807, 2.05) is 12.4 Å². The second kappa shape index (κ2) is 7.18. The van der Waals surface area contributed by atoms with Crippen molar-refractivity contribution in [2.75, 3.05) is 18.1 Å². The van der Waals surface area contributed by atoms with Gasteiger partial charge >= 0.3 is 0 Å². The molecule has 1 aliphatic rings. The fourth-order valence-corrected chi connectivity index (χ4v) is 2.34. The number of aliphatic hydroxyl groups excluding tert-OH is 1. The van der Waals surface area contributed by atoms with E-state index in [2.05, 4.69) is 41.0 Å². The molecular weight excluding hydrogens is 264 g/mol. The van der Waals surface area contributed by atoms with Gasteiger partial charge in [-0.1, -0.05) is 0 Å². The molecule has 0 radical (unpaired) electrons. The van der Waals surface area contributed by atoms with E-state index in [9.17, 15) is 0 Å². The number of rotatable bonds is 7. The van der Waals surface area contributed by atoms with Gasteiger partial charge in [0.25, 0.3) is 0 Å². The van der Waals surface area contributed by atoms with E-state index in [1.165, 1.54) is 19.3 Å². The summed E-state index contributed by atoms with van der Waals surface area (Å²) in [5.74, 6) is 0.799. The molecular formula is C16H28N4O. The molecule has 1 saturated carbocycles. The van der Waals surface area contributed by atoms with Crippen LogP contribution in [-0.4, -0.2) is 39.8 Å². The molecule has 0 amide bonds. The molecule has 0 bridgehead atoms. The van der Waals surface area contributed by atoms with Gasteiger partial charge in [0.15, 0.2) is 0 Å². The summed E-state index contributed by atoms with van der Waals surface area (Å²) < 4.78 is 0. The Hall–Kier alpha value is -1.20. The zero-order valence-corrected chi connectivity index (χ0v) is 13.5. The Morgan fingerprint density at radius 3 is 2.43 bits per heavy atom. The molecule has 0 saturated heterocycles. The molecule has 0 spiro atoms. The summed E-state index contributed by atoms with van der Waals surface area (Å²) in [6, 6.07) is 0.551. The van der Waals surface area contributed by atoms with Gasteiger partial charge in [0.1, 0.15) is 0 Å². The van der Waals surface area contributed by atoms with Crippen molar-refractivity contribution in [3.63, 3.8) is 0 Å². The van der Waals surface area contributed by atoms with Crippen LogP contribution in [0.25, 0.3) is 0 Å². The van der Waals surface area contributed by atoms with Crippen LogP contribution in [-0.2, 0) is 6.54 Å². The molecule has 0 aromatic carbocycles. The second-order valence-electron chi connectivity index (χ2n) is 6.85. The maximum absolute atomic E-state index is 9.05. The first-order chi connectivity index (χ1) is 9.99. The third-order valence-corrected chi connectivity index (χ3v) is 3.84. The van der Waals surface area contributed by atoms with Gasteiger partial charge in [-0.15, -0.1) is 0 Å². The maximum Gasteiger partial charge on any atom is 0.225 e. The number of aromatic nitrogens is 2. The van der Waals surface area contributed by atoms with Crippen LogP contribution in [0.5, 0.6) is 0 Å². The molecule has 5 heteroatoms. The smallest absolute Gasteiger partial charge is 0.225 e. The fraction of sp³-hybridized carbons (Fsp3) is 0.750. The van der Waals surface area contributed by atoms with Crippen LogP contribution in [0.1, 0.15) is 52.0 Å². The molecule has 1 heterocycles. The van der Waals surface area contributed by atoms with E-state index >= 15 is 0 Å². The largest absolute Gasteiger partial charge is 0.396 e. The highest BCUT2D eigenvalue weighted by molar-refractivity contribution is 5.32. The van der Waals surface area contributed by atoms with Crippen molar-refractivity contribution in [3.8, 4) is 0 Å². The summed E-state index contributed by atoms with van der Waals surface area (Å²) in [6.07, 6.45) is 8.29. The first-order valence-electron chi connectivity index (χ1n) is 7.93. The number of hydrogen-bond acceptors (Lipinski definition) is 5. The Balaban J connectivity index is 1.97. The highest BCUT2D eigenvalue weighted by atomic mass is 16.3. The quantitative estimate of drug-likeness (QED) is 0.806. The molecule has 0 unspecified atom stereocenters. The highest BCUT2D eigenvalue weighted by Gasteiger charge is 2.26. The topological polar surface area (TPSA) is 61.3 Å². The zero-order valence-electron chi connectivity index (χ0n) is 13.5. The lowest BCUT2D eigenvalue weighted by Crippen LogP contribution is -2.42. The lowest BCUT2D eigenvalue weighted by Gasteiger charge is -2.37. The van der Waals surface area contributed by atoms with Gasteiger partial charge in [-0.2, -0.15) is 0 Å². The van der Waals surface area contributed by atoms with E-state index in [4.69, 9.17) is 5.11 Å². The van der Waals surface area contributed by atoms with Gasteiger partial charge < -0.3 is 15.3 Å². The summed E-state index contributed by atoms with van der Waals surface area (Å²) in [5.41, 5.74) is 1.20. The predicted molar refractivity (Wildman–Crippen MR) is 85.3 cm³/mol. The predicted octanol–water partition coefficient (Wildman–Crippen LogP) is 2.11. The fourth-order valence-electron chi connectivity index (χ4n) is 2.34. The van der Waals surface area contributed by atoms with Gasteiger partial charge in [0.2, 0.25) is 5.95 Å². The molecule has 1 aliphatic carbocycles. The van der Waals surface area contributed by atoms with E-state index in [1.54, 1.807) is 0 Å². The van der Waals surface area contributed by atoms with Crippen LogP contribution < -0.4 is 10.2 Å². The van der Waals surface area contributed by atoms with Crippen LogP contribution in [0.4, 0.5) is 5.95 Å². The average molecular weight is 292 g/mol. The molecule has 1 aromatic rings. The van der Waals surface area contributed by atoms with Crippen molar-refractivity contribution in [2.45, 2.75) is 64.6 Å². The Morgan fingerprint density at radius 2 is 1.95 bits per heavy atom. The molecule has 2 rings (SSSR count). The number of aliphatic hydroxyl groups is 1. The van der Waals surface area contributed by atoms with Crippen LogP contribution in [0, 0.1) is 0 Å². The monoisotopic (exact) mass is 292 g/mol.